The van der Waals surface area contributed by atoms with Crippen LogP contribution in [-0.2, 0) is 12.8 Å². The number of hydrogen-bond acceptors (Lipinski definition) is 2. The van der Waals surface area contributed by atoms with Gasteiger partial charge in [-0.1, -0.05) is 13.8 Å². The zero-order chi connectivity index (χ0) is 7.40. The van der Waals surface area contributed by atoms with E-state index in [0.717, 1.165) is 30.8 Å². The standard InChI is InChI=1S/C8H13NO/c1-3-5-8-9-7(4-2)6-10-8/h6H,3-5H2,1-2H3. The third-order valence-corrected chi connectivity index (χ3v) is 1.43. The van der Waals surface area contributed by atoms with E-state index in [0.29, 0.717) is 0 Å². The maximum absolute atomic E-state index is 5.18. The van der Waals surface area contributed by atoms with Gasteiger partial charge in [-0.3, -0.25) is 0 Å². The smallest absolute Gasteiger partial charge is 0.194 e. The summed E-state index contributed by atoms with van der Waals surface area (Å²) < 4.78 is 5.18. The Bertz CT molecular complexity index is 193. The maximum atomic E-state index is 5.18. The maximum Gasteiger partial charge on any atom is 0.194 e. The normalized spacial score (nSPS) is 10.2. The van der Waals surface area contributed by atoms with Gasteiger partial charge in [0.15, 0.2) is 5.89 Å². The molecule has 0 bridgehead atoms. The molecule has 0 spiro atoms. The Balaban J connectivity index is 2.59. The molecule has 1 rings (SSSR count). The van der Waals surface area contributed by atoms with Crippen LogP contribution >= 0.6 is 0 Å². The lowest BCUT2D eigenvalue weighted by atomic mass is 10.3. The topological polar surface area (TPSA) is 26.0 Å². The van der Waals surface area contributed by atoms with Crippen molar-refractivity contribution in [1.82, 2.24) is 4.98 Å². The lowest BCUT2D eigenvalue weighted by Crippen LogP contribution is -1.83. The Hall–Kier alpha value is -0.790. The number of oxazole rings is 1. The Labute approximate surface area is 61.3 Å². The van der Waals surface area contributed by atoms with Crippen LogP contribution in [0.5, 0.6) is 0 Å². The van der Waals surface area contributed by atoms with Gasteiger partial charge in [-0.2, -0.15) is 0 Å². The number of hydrogen-bond donors (Lipinski definition) is 0. The summed E-state index contributed by atoms with van der Waals surface area (Å²) in [5, 5.41) is 0. The highest BCUT2D eigenvalue weighted by Crippen LogP contribution is 2.04. The van der Waals surface area contributed by atoms with Gasteiger partial charge in [0.25, 0.3) is 0 Å². The Morgan fingerprint density at radius 3 is 2.80 bits per heavy atom. The van der Waals surface area contributed by atoms with E-state index in [1.807, 2.05) is 0 Å². The molecule has 1 heterocycles. The van der Waals surface area contributed by atoms with Crippen molar-refractivity contribution in [2.45, 2.75) is 33.1 Å². The molecule has 0 radical (unpaired) electrons. The minimum atomic E-state index is 0.874. The van der Waals surface area contributed by atoms with Gasteiger partial charge in [0.05, 0.1) is 5.69 Å². The van der Waals surface area contributed by atoms with Crippen LogP contribution in [0.3, 0.4) is 0 Å². The second kappa shape index (κ2) is 3.40. The molecule has 0 fully saturated rings. The largest absolute Gasteiger partial charge is 0.449 e. The van der Waals surface area contributed by atoms with Crippen LogP contribution in [0.25, 0.3) is 0 Å². The summed E-state index contributed by atoms with van der Waals surface area (Å²) in [6, 6.07) is 0. The first-order chi connectivity index (χ1) is 4.86. The average Bonchev–Trinajstić information content (AvgIpc) is 2.37. The van der Waals surface area contributed by atoms with Crippen LogP contribution in [0, 0.1) is 0 Å². The molecule has 1 aromatic heterocycles. The van der Waals surface area contributed by atoms with E-state index in [1.165, 1.54) is 0 Å². The fourth-order valence-electron chi connectivity index (χ4n) is 0.840. The van der Waals surface area contributed by atoms with Gasteiger partial charge in [-0.05, 0) is 12.8 Å². The molecule has 0 unspecified atom stereocenters. The average molecular weight is 139 g/mol. The first-order valence-electron chi connectivity index (χ1n) is 3.80. The number of nitrogens with zero attached hydrogens (tertiary/aromatic N) is 1. The van der Waals surface area contributed by atoms with E-state index in [-0.39, 0.29) is 0 Å². The van der Waals surface area contributed by atoms with Gasteiger partial charge >= 0.3 is 0 Å². The molecule has 1 aromatic rings. The molecule has 0 saturated heterocycles. The van der Waals surface area contributed by atoms with Gasteiger partial charge in [0.1, 0.15) is 6.26 Å². The molecule has 0 atom stereocenters. The quantitative estimate of drug-likeness (QED) is 0.641. The molecular formula is C8H13NO. The summed E-state index contributed by atoms with van der Waals surface area (Å²) >= 11 is 0. The van der Waals surface area contributed by atoms with Crippen LogP contribution in [0.1, 0.15) is 31.9 Å². The highest BCUT2D eigenvalue weighted by atomic mass is 16.3. The zero-order valence-corrected chi connectivity index (χ0v) is 6.55. The molecule has 0 N–H and O–H groups in total. The van der Waals surface area contributed by atoms with Gasteiger partial charge in [-0.25, -0.2) is 4.98 Å². The third-order valence-electron chi connectivity index (χ3n) is 1.43. The molecule has 0 aliphatic carbocycles. The van der Waals surface area contributed by atoms with Crippen LogP contribution in [0.15, 0.2) is 10.7 Å². The van der Waals surface area contributed by atoms with E-state index in [9.17, 15) is 0 Å². The molecular weight excluding hydrogens is 126 g/mol. The summed E-state index contributed by atoms with van der Waals surface area (Å²) in [6.07, 6.45) is 4.77. The third kappa shape index (κ3) is 1.59. The summed E-state index contributed by atoms with van der Waals surface area (Å²) in [7, 11) is 0. The summed E-state index contributed by atoms with van der Waals surface area (Å²) in [6.45, 7) is 4.20. The SMILES string of the molecule is CCCc1nc(CC)co1. The number of rotatable bonds is 3. The van der Waals surface area contributed by atoms with Crippen molar-refractivity contribution >= 4 is 0 Å². The molecule has 0 aromatic carbocycles. The van der Waals surface area contributed by atoms with E-state index >= 15 is 0 Å². The molecule has 0 saturated carbocycles. The van der Waals surface area contributed by atoms with Gasteiger partial charge < -0.3 is 4.42 Å². The van der Waals surface area contributed by atoms with Crippen molar-refractivity contribution in [2.75, 3.05) is 0 Å². The highest BCUT2D eigenvalue weighted by molar-refractivity contribution is 4.95. The second-order valence-electron chi connectivity index (χ2n) is 2.34. The van der Waals surface area contributed by atoms with Crippen molar-refractivity contribution in [3.63, 3.8) is 0 Å². The highest BCUT2D eigenvalue weighted by Gasteiger charge is 1.98. The fourth-order valence-corrected chi connectivity index (χ4v) is 0.840. The van der Waals surface area contributed by atoms with Gasteiger partial charge in [-0.15, -0.1) is 0 Å². The summed E-state index contributed by atoms with van der Waals surface area (Å²) in [5.74, 6) is 0.874. The molecule has 56 valence electrons. The lowest BCUT2D eigenvalue weighted by molar-refractivity contribution is 0.491. The Morgan fingerprint density at radius 2 is 2.30 bits per heavy atom. The minimum Gasteiger partial charge on any atom is -0.449 e. The molecule has 10 heavy (non-hydrogen) atoms. The first kappa shape index (κ1) is 7.32. The molecule has 0 amide bonds. The van der Waals surface area contributed by atoms with E-state index in [4.69, 9.17) is 4.42 Å². The van der Waals surface area contributed by atoms with Crippen molar-refractivity contribution in [3.05, 3.63) is 17.8 Å². The Morgan fingerprint density at radius 1 is 1.50 bits per heavy atom. The Kier molecular flexibility index (Phi) is 2.49. The fraction of sp³-hybridized carbons (Fsp3) is 0.625. The summed E-state index contributed by atoms with van der Waals surface area (Å²) in [5.41, 5.74) is 1.06. The number of aryl methyl sites for hydroxylation is 2. The van der Waals surface area contributed by atoms with E-state index in [2.05, 4.69) is 18.8 Å². The van der Waals surface area contributed by atoms with Gasteiger partial charge in [0.2, 0.25) is 0 Å². The molecule has 2 heteroatoms. The van der Waals surface area contributed by atoms with Crippen LogP contribution < -0.4 is 0 Å². The predicted molar refractivity (Wildman–Crippen MR) is 39.9 cm³/mol. The van der Waals surface area contributed by atoms with Crippen LogP contribution in [-0.4, -0.2) is 4.98 Å². The first-order valence-corrected chi connectivity index (χ1v) is 3.80. The zero-order valence-electron chi connectivity index (χ0n) is 6.55. The minimum absolute atomic E-state index is 0.874. The van der Waals surface area contributed by atoms with Crippen LogP contribution in [0.2, 0.25) is 0 Å². The predicted octanol–water partition coefficient (Wildman–Crippen LogP) is 2.19. The van der Waals surface area contributed by atoms with E-state index in [1.54, 1.807) is 6.26 Å². The molecule has 0 aliphatic heterocycles. The molecule has 2 nitrogen and oxygen atoms in total. The van der Waals surface area contributed by atoms with Crippen LogP contribution in [0.4, 0.5) is 0 Å². The van der Waals surface area contributed by atoms with E-state index < -0.39 is 0 Å². The summed E-state index contributed by atoms with van der Waals surface area (Å²) in [4.78, 5) is 4.25. The van der Waals surface area contributed by atoms with Gasteiger partial charge in [0, 0.05) is 6.42 Å². The molecule has 0 aliphatic rings. The van der Waals surface area contributed by atoms with Crippen molar-refractivity contribution in [1.29, 1.82) is 0 Å². The monoisotopic (exact) mass is 139 g/mol. The number of aromatic nitrogens is 1. The lowest BCUT2D eigenvalue weighted by Gasteiger charge is -1.85. The van der Waals surface area contributed by atoms with Crippen molar-refractivity contribution < 1.29 is 4.42 Å². The van der Waals surface area contributed by atoms with Crippen molar-refractivity contribution in [2.24, 2.45) is 0 Å². The van der Waals surface area contributed by atoms with Crippen molar-refractivity contribution in [3.8, 4) is 0 Å². The second-order valence-corrected chi connectivity index (χ2v) is 2.34.